The Morgan fingerprint density at radius 3 is 2.39 bits per heavy atom. The van der Waals surface area contributed by atoms with Gasteiger partial charge < -0.3 is 10.2 Å². The first-order valence-electron chi connectivity index (χ1n) is 10.7. The van der Waals surface area contributed by atoms with Gasteiger partial charge in [0.1, 0.15) is 10.8 Å². The summed E-state index contributed by atoms with van der Waals surface area (Å²) in [6, 6.07) is 18.2. The molecule has 0 saturated carbocycles. The molecule has 1 N–H and O–H groups in total. The second-order valence-electron chi connectivity index (χ2n) is 7.96. The predicted molar refractivity (Wildman–Crippen MR) is 125 cm³/mol. The number of carbonyl (C=O) groups is 1. The highest BCUT2D eigenvalue weighted by atomic mass is 32.1. The van der Waals surface area contributed by atoms with E-state index < -0.39 is 0 Å². The van der Waals surface area contributed by atoms with Gasteiger partial charge in [-0.25, -0.2) is 4.39 Å². The minimum Gasteiger partial charge on any atom is -0.313 e. The molecule has 2 heterocycles. The number of rotatable bonds is 6. The fourth-order valence-electron chi connectivity index (χ4n) is 4.01. The summed E-state index contributed by atoms with van der Waals surface area (Å²) in [5.41, 5.74) is 2.77. The average molecular weight is 438 g/mol. The van der Waals surface area contributed by atoms with E-state index in [1.807, 2.05) is 42.5 Å². The lowest BCUT2D eigenvalue weighted by Crippen LogP contribution is -2.46. The highest BCUT2D eigenvalue weighted by Gasteiger charge is 2.29. The van der Waals surface area contributed by atoms with Gasteiger partial charge in [-0.1, -0.05) is 37.3 Å². The molecule has 31 heavy (non-hydrogen) atoms. The smallest absolute Gasteiger partial charge is 0.256 e. The standard InChI is InChI=1S/C25H28FN3OS/c1-3-21-17-22(25(31-21)27-24(30)19-7-5-4-6-8-19)23(18-9-11-20(26)12-10-18)29-15-13-28(2)14-16-29/h4-12,17,23H,3,13-16H2,1-2H3,(H,27,30). The van der Waals surface area contributed by atoms with Crippen molar-refractivity contribution in [1.82, 2.24) is 9.80 Å². The van der Waals surface area contributed by atoms with Gasteiger partial charge in [0.05, 0.1) is 6.04 Å². The van der Waals surface area contributed by atoms with Crippen LogP contribution in [0.15, 0.2) is 60.7 Å². The van der Waals surface area contributed by atoms with Gasteiger partial charge in [0.15, 0.2) is 0 Å². The van der Waals surface area contributed by atoms with E-state index in [1.54, 1.807) is 11.3 Å². The van der Waals surface area contributed by atoms with Gasteiger partial charge in [0.2, 0.25) is 0 Å². The van der Waals surface area contributed by atoms with Crippen molar-refractivity contribution in [3.63, 3.8) is 0 Å². The number of benzene rings is 2. The number of likely N-dealkylation sites (N-methyl/N-ethyl adjacent to an activating group) is 1. The van der Waals surface area contributed by atoms with Crippen LogP contribution in [0.1, 0.15) is 39.3 Å². The second-order valence-corrected chi connectivity index (χ2v) is 9.10. The second kappa shape index (κ2) is 9.73. The normalized spacial score (nSPS) is 16.2. The van der Waals surface area contributed by atoms with E-state index in [9.17, 15) is 9.18 Å². The Labute approximate surface area is 187 Å². The lowest BCUT2D eigenvalue weighted by molar-refractivity contribution is 0.102. The van der Waals surface area contributed by atoms with E-state index >= 15 is 0 Å². The summed E-state index contributed by atoms with van der Waals surface area (Å²) in [4.78, 5) is 18.9. The van der Waals surface area contributed by atoms with Crippen molar-refractivity contribution in [3.05, 3.63) is 88.0 Å². The third-order valence-electron chi connectivity index (χ3n) is 5.81. The summed E-state index contributed by atoms with van der Waals surface area (Å²) in [7, 11) is 2.13. The molecule has 1 saturated heterocycles. The SMILES string of the molecule is CCc1cc(C(c2ccc(F)cc2)N2CCN(C)CC2)c(NC(=O)c2ccccc2)s1. The molecule has 4 nitrogen and oxygen atoms in total. The molecule has 1 amide bonds. The van der Waals surface area contributed by atoms with E-state index in [1.165, 1.54) is 17.0 Å². The Hall–Kier alpha value is -2.54. The zero-order chi connectivity index (χ0) is 21.8. The molecule has 1 atom stereocenters. The minimum atomic E-state index is -0.238. The number of halogens is 1. The Bertz CT molecular complexity index is 1010. The molecule has 4 rings (SSSR count). The van der Waals surface area contributed by atoms with Crippen LogP contribution in [-0.2, 0) is 6.42 Å². The Kier molecular flexibility index (Phi) is 6.80. The third-order valence-corrected chi connectivity index (χ3v) is 7.02. The van der Waals surface area contributed by atoms with Crippen molar-refractivity contribution in [1.29, 1.82) is 0 Å². The van der Waals surface area contributed by atoms with Gasteiger partial charge in [-0.15, -0.1) is 11.3 Å². The highest BCUT2D eigenvalue weighted by Crippen LogP contribution is 2.40. The summed E-state index contributed by atoms with van der Waals surface area (Å²) in [6.45, 7) is 5.92. The lowest BCUT2D eigenvalue weighted by Gasteiger charge is -2.38. The monoisotopic (exact) mass is 437 g/mol. The fraction of sp³-hybridized carbons (Fsp3) is 0.320. The predicted octanol–water partition coefficient (Wildman–Crippen LogP) is 5.04. The molecule has 0 radical (unpaired) electrons. The number of amides is 1. The van der Waals surface area contributed by atoms with Crippen LogP contribution in [0.4, 0.5) is 9.39 Å². The summed E-state index contributed by atoms with van der Waals surface area (Å²) in [6.07, 6.45) is 0.901. The fourth-order valence-corrected chi connectivity index (χ4v) is 5.04. The number of aryl methyl sites for hydroxylation is 1. The van der Waals surface area contributed by atoms with Crippen molar-refractivity contribution >= 4 is 22.2 Å². The molecule has 1 aliphatic rings. The number of nitrogens with one attached hydrogen (secondary N) is 1. The summed E-state index contributed by atoms with van der Waals surface area (Å²) >= 11 is 1.63. The Morgan fingerprint density at radius 2 is 1.74 bits per heavy atom. The van der Waals surface area contributed by atoms with Crippen LogP contribution >= 0.6 is 11.3 Å². The molecule has 1 fully saturated rings. The van der Waals surface area contributed by atoms with E-state index in [2.05, 4.69) is 35.2 Å². The molecule has 1 aliphatic heterocycles. The molecular weight excluding hydrogens is 409 g/mol. The number of thiophene rings is 1. The van der Waals surface area contributed by atoms with Crippen LogP contribution in [-0.4, -0.2) is 48.9 Å². The lowest BCUT2D eigenvalue weighted by atomic mass is 9.97. The Morgan fingerprint density at radius 1 is 1.06 bits per heavy atom. The maximum absolute atomic E-state index is 13.7. The maximum Gasteiger partial charge on any atom is 0.256 e. The number of anilines is 1. The number of carbonyl (C=O) groups excluding carboxylic acids is 1. The summed E-state index contributed by atoms with van der Waals surface area (Å²) < 4.78 is 13.7. The topological polar surface area (TPSA) is 35.6 Å². The van der Waals surface area contributed by atoms with Crippen molar-refractivity contribution in [2.24, 2.45) is 0 Å². The van der Waals surface area contributed by atoms with E-state index in [4.69, 9.17) is 0 Å². The van der Waals surface area contributed by atoms with Crippen molar-refractivity contribution < 1.29 is 9.18 Å². The van der Waals surface area contributed by atoms with Gasteiger partial charge in [-0.3, -0.25) is 9.69 Å². The van der Waals surface area contributed by atoms with Crippen LogP contribution < -0.4 is 5.32 Å². The minimum absolute atomic E-state index is 0.0306. The largest absolute Gasteiger partial charge is 0.313 e. The van der Waals surface area contributed by atoms with Crippen LogP contribution in [0.25, 0.3) is 0 Å². The van der Waals surface area contributed by atoms with E-state index in [0.29, 0.717) is 5.56 Å². The summed E-state index contributed by atoms with van der Waals surface area (Å²) in [5, 5.41) is 4.03. The number of hydrogen-bond donors (Lipinski definition) is 1. The first kappa shape index (κ1) is 21.7. The molecule has 0 spiro atoms. The van der Waals surface area contributed by atoms with Crippen molar-refractivity contribution in [2.45, 2.75) is 19.4 Å². The molecule has 0 bridgehead atoms. The molecule has 3 aromatic rings. The molecule has 0 aliphatic carbocycles. The number of hydrogen-bond acceptors (Lipinski definition) is 4. The van der Waals surface area contributed by atoms with Crippen molar-refractivity contribution in [2.75, 3.05) is 38.5 Å². The number of piperazine rings is 1. The first-order valence-corrected chi connectivity index (χ1v) is 11.5. The molecule has 6 heteroatoms. The maximum atomic E-state index is 13.7. The Balaban J connectivity index is 1.72. The van der Waals surface area contributed by atoms with Gasteiger partial charge in [-0.05, 0) is 49.4 Å². The quantitative estimate of drug-likeness (QED) is 0.587. The highest BCUT2D eigenvalue weighted by molar-refractivity contribution is 7.16. The zero-order valence-corrected chi connectivity index (χ0v) is 18.8. The molecule has 1 unspecified atom stereocenters. The molecular formula is C25H28FN3OS. The zero-order valence-electron chi connectivity index (χ0n) is 18.0. The molecule has 162 valence electrons. The summed E-state index contributed by atoms with van der Waals surface area (Å²) in [5.74, 6) is -0.347. The van der Waals surface area contributed by atoms with Crippen LogP contribution in [0.3, 0.4) is 0 Å². The van der Waals surface area contributed by atoms with Crippen LogP contribution in [0.5, 0.6) is 0 Å². The van der Waals surface area contributed by atoms with Gasteiger partial charge in [0, 0.05) is 42.2 Å². The van der Waals surface area contributed by atoms with Gasteiger partial charge in [-0.2, -0.15) is 0 Å². The van der Waals surface area contributed by atoms with Crippen LogP contribution in [0, 0.1) is 5.82 Å². The third kappa shape index (κ3) is 5.03. The van der Waals surface area contributed by atoms with Gasteiger partial charge in [0.25, 0.3) is 5.91 Å². The van der Waals surface area contributed by atoms with Crippen molar-refractivity contribution in [3.8, 4) is 0 Å². The van der Waals surface area contributed by atoms with Crippen LogP contribution in [0.2, 0.25) is 0 Å². The molecule has 1 aromatic heterocycles. The first-order chi connectivity index (χ1) is 15.0. The average Bonchev–Trinajstić information content (AvgIpc) is 3.19. The van der Waals surface area contributed by atoms with E-state index in [0.717, 1.165) is 48.7 Å². The molecule has 2 aromatic carbocycles. The van der Waals surface area contributed by atoms with Gasteiger partial charge >= 0.3 is 0 Å². The van der Waals surface area contributed by atoms with E-state index in [-0.39, 0.29) is 17.8 Å². The number of nitrogens with zero attached hydrogens (tertiary/aromatic N) is 2.